The molecule has 3 aromatic carbocycles. The van der Waals surface area contributed by atoms with Gasteiger partial charge in [-0.3, -0.25) is 9.36 Å². The van der Waals surface area contributed by atoms with Crippen LogP contribution in [0.3, 0.4) is 0 Å². The predicted molar refractivity (Wildman–Crippen MR) is 129 cm³/mol. The zero-order valence-corrected chi connectivity index (χ0v) is 18.4. The summed E-state index contributed by atoms with van der Waals surface area (Å²) >= 11 is 1.48. The Kier molecular flexibility index (Phi) is 5.41. The SMILES string of the molecule is Cc1ccc(-c2csc3nc(Cc4ccccc4)n(Cc4cccc(F)c4)c(=O)c23)cc1. The third-order valence-electron chi connectivity index (χ3n) is 5.57. The highest BCUT2D eigenvalue weighted by molar-refractivity contribution is 7.17. The van der Waals surface area contributed by atoms with Crippen LogP contribution < -0.4 is 5.56 Å². The van der Waals surface area contributed by atoms with Gasteiger partial charge in [-0.05, 0) is 35.7 Å². The molecule has 0 saturated carbocycles. The van der Waals surface area contributed by atoms with Crippen molar-refractivity contribution in [3.63, 3.8) is 0 Å². The number of benzene rings is 3. The number of aryl methyl sites for hydroxylation is 1. The van der Waals surface area contributed by atoms with E-state index in [0.29, 0.717) is 17.6 Å². The Hall–Kier alpha value is -3.57. The van der Waals surface area contributed by atoms with E-state index in [1.165, 1.54) is 29.0 Å². The normalized spacial score (nSPS) is 11.2. The summed E-state index contributed by atoms with van der Waals surface area (Å²) in [5.41, 5.74) is 4.76. The van der Waals surface area contributed by atoms with Gasteiger partial charge in [0.25, 0.3) is 5.56 Å². The quantitative estimate of drug-likeness (QED) is 0.326. The molecule has 0 fully saturated rings. The van der Waals surface area contributed by atoms with Crippen LogP contribution in [0, 0.1) is 12.7 Å². The number of fused-ring (bicyclic) bond motifs is 1. The molecule has 0 aliphatic heterocycles. The molecule has 0 aliphatic rings. The molecule has 0 bridgehead atoms. The van der Waals surface area contributed by atoms with E-state index in [1.807, 2.05) is 73.0 Å². The summed E-state index contributed by atoms with van der Waals surface area (Å²) in [5, 5.41) is 2.62. The molecular formula is C27H21FN2OS. The fourth-order valence-corrected chi connectivity index (χ4v) is 4.86. The summed E-state index contributed by atoms with van der Waals surface area (Å²) in [7, 11) is 0. The molecule has 0 atom stereocenters. The monoisotopic (exact) mass is 440 g/mol. The van der Waals surface area contributed by atoms with Crippen molar-refractivity contribution in [2.24, 2.45) is 0 Å². The van der Waals surface area contributed by atoms with Gasteiger partial charge in [0, 0.05) is 17.4 Å². The summed E-state index contributed by atoms with van der Waals surface area (Å²) in [6, 6.07) is 24.5. The Morgan fingerprint density at radius 1 is 0.938 bits per heavy atom. The lowest BCUT2D eigenvalue weighted by atomic mass is 10.0. The van der Waals surface area contributed by atoms with Crippen LogP contribution in [0.5, 0.6) is 0 Å². The van der Waals surface area contributed by atoms with Crippen LogP contribution in [-0.4, -0.2) is 9.55 Å². The summed E-state index contributed by atoms with van der Waals surface area (Å²) < 4.78 is 15.5. The summed E-state index contributed by atoms with van der Waals surface area (Å²) in [6.45, 7) is 2.31. The predicted octanol–water partition coefficient (Wildman–Crippen LogP) is 6.21. The van der Waals surface area contributed by atoms with Crippen molar-refractivity contribution in [1.82, 2.24) is 9.55 Å². The van der Waals surface area contributed by atoms with Gasteiger partial charge >= 0.3 is 0 Å². The molecule has 5 rings (SSSR count). The molecular weight excluding hydrogens is 419 g/mol. The highest BCUT2D eigenvalue weighted by Crippen LogP contribution is 2.31. The van der Waals surface area contributed by atoms with Crippen LogP contribution in [0.15, 0.2) is 89.0 Å². The fourth-order valence-electron chi connectivity index (χ4n) is 3.91. The van der Waals surface area contributed by atoms with Gasteiger partial charge in [-0.25, -0.2) is 9.37 Å². The minimum atomic E-state index is -0.315. The molecule has 158 valence electrons. The molecule has 2 aromatic heterocycles. The van der Waals surface area contributed by atoms with E-state index in [9.17, 15) is 9.18 Å². The lowest BCUT2D eigenvalue weighted by Crippen LogP contribution is -2.26. The van der Waals surface area contributed by atoms with Crippen LogP contribution in [-0.2, 0) is 13.0 Å². The topological polar surface area (TPSA) is 34.9 Å². The van der Waals surface area contributed by atoms with Gasteiger partial charge in [0.05, 0.1) is 11.9 Å². The van der Waals surface area contributed by atoms with Crippen molar-refractivity contribution in [3.8, 4) is 11.1 Å². The Morgan fingerprint density at radius 3 is 2.44 bits per heavy atom. The first-order chi connectivity index (χ1) is 15.6. The second-order valence-electron chi connectivity index (χ2n) is 7.91. The van der Waals surface area contributed by atoms with Gasteiger partial charge in [-0.1, -0.05) is 72.3 Å². The number of hydrogen-bond donors (Lipinski definition) is 0. The second-order valence-corrected chi connectivity index (χ2v) is 8.77. The van der Waals surface area contributed by atoms with Crippen molar-refractivity contribution < 1.29 is 4.39 Å². The van der Waals surface area contributed by atoms with Crippen molar-refractivity contribution in [2.45, 2.75) is 19.9 Å². The van der Waals surface area contributed by atoms with Crippen molar-refractivity contribution >= 4 is 21.6 Å². The molecule has 3 nitrogen and oxygen atoms in total. The Labute approximate surface area is 189 Å². The van der Waals surface area contributed by atoms with E-state index in [2.05, 4.69) is 0 Å². The summed E-state index contributed by atoms with van der Waals surface area (Å²) in [4.78, 5) is 19.4. The largest absolute Gasteiger partial charge is 0.291 e. The van der Waals surface area contributed by atoms with E-state index in [4.69, 9.17) is 4.98 Å². The van der Waals surface area contributed by atoms with Crippen molar-refractivity contribution in [2.75, 3.05) is 0 Å². The van der Waals surface area contributed by atoms with E-state index < -0.39 is 0 Å². The standard InChI is InChI=1S/C27H21FN2OS/c1-18-10-12-21(13-11-18)23-17-32-26-25(23)27(31)30(16-20-8-5-9-22(28)14-20)24(29-26)15-19-6-3-2-4-7-19/h2-14,17H,15-16H2,1H3. The van der Waals surface area contributed by atoms with Gasteiger partial charge < -0.3 is 0 Å². The average molecular weight is 441 g/mol. The van der Waals surface area contributed by atoms with Crippen LogP contribution in [0.25, 0.3) is 21.3 Å². The number of rotatable bonds is 5. The number of thiophene rings is 1. The Balaban J connectivity index is 1.69. The van der Waals surface area contributed by atoms with Gasteiger partial charge in [0.2, 0.25) is 0 Å². The number of hydrogen-bond acceptors (Lipinski definition) is 3. The summed E-state index contributed by atoms with van der Waals surface area (Å²) in [6.07, 6.45) is 0.527. The van der Waals surface area contributed by atoms with Crippen molar-refractivity contribution in [3.05, 3.63) is 123 Å². The second kappa shape index (κ2) is 8.52. The van der Waals surface area contributed by atoms with E-state index in [1.54, 1.807) is 10.6 Å². The minimum Gasteiger partial charge on any atom is -0.291 e. The molecule has 0 radical (unpaired) electrons. The number of halogens is 1. The maximum absolute atomic E-state index is 13.8. The molecule has 5 aromatic rings. The molecule has 0 N–H and O–H groups in total. The third-order valence-corrected chi connectivity index (χ3v) is 6.44. The first-order valence-electron chi connectivity index (χ1n) is 10.4. The summed E-state index contributed by atoms with van der Waals surface area (Å²) in [5.74, 6) is 0.361. The van der Waals surface area contributed by atoms with Gasteiger partial charge in [-0.2, -0.15) is 0 Å². The average Bonchev–Trinajstić information content (AvgIpc) is 3.22. The minimum absolute atomic E-state index is 0.0954. The smallest absolute Gasteiger partial charge is 0.263 e. The zero-order chi connectivity index (χ0) is 22.1. The van der Waals surface area contributed by atoms with Gasteiger partial charge in [0.1, 0.15) is 16.5 Å². The zero-order valence-electron chi connectivity index (χ0n) is 17.6. The number of nitrogens with zero attached hydrogens (tertiary/aromatic N) is 2. The Morgan fingerprint density at radius 2 is 1.69 bits per heavy atom. The molecule has 0 aliphatic carbocycles. The third kappa shape index (κ3) is 3.99. The number of aromatic nitrogens is 2. The molecule has 0 spiro atoms. The van der Waals surface area contributed by atoms with Crippen LogP contribution in [0.1, 0.15) is 22.5 Å². The van der Waals surface area contributed by atoms with E-state index in [-0.39, 0.29) is 17.9 Å². The molecule has 0 unspecified atom stereocenters. The maximum atomic E-state index is 13.8. The van der Waals surface area contributed by atoms with Crippen LogP contribution >= 0.6 is 11.3 Å². The molecule has 5 heteroatoms. The van der Waals surface area contributed by atoms with E-state index >= 15 is 0 Å². The van der Waals surface area contributed by atoms with Gasteiger partial charge in [0.15, 0.2) is 0 Å². The van der Waals surface area contributed by atoms with Gasteiger partial charge in [-0.15, -0.1) is 11.3 Å². The Bertz CT molecular complexity index is 1450. The van der Waals surface area contributed by atoms with Crippen LogP contribution in [0.2, 0.25) is 0 Å². The van der Waals surface area contributed by atoms with E-state index in [0.717, 1.165) is 27.1 Å². The fraction of sp³-hybridized carbons (Fsp3) is 0.111. The first-order valence-corrected chi connectivity index (χ1v) is 11.3. The molecule has 0 amide bonds. The van der Waals surface area contributed by atoms with Crippen LogP contribution in [0.4, 0.5) is 4.39 Å². The lowest BCUT2D eigenvalue weighted by Gasteiger charge is -2.14. The highest BCUT2D eigenvalue weighted by Gasteiger charge is 2.18. The highest BCUT2D eigenvalue weighted by atomic mass is 32.1. The van der Waals surface area contributed by atoms with Crippen molar-refractivity contribution in [1.29, 1.82) is 0 Å². The molecule has 2 heterocycles. The molecule has 32 heavy (non-hydrogen) atoms. The maximum Gasteiger partial charge on any atom is 0.263 e. The molecule has 0 saturated heterocycles. The lowest BCUT2D eigenvalue weighted by molar-refractivity contribution is 0.620. The first kappa shape index (κ1) is 20.3.